The van der Waals surface area contributed by atoms with Crippen LogP contribution in [-0.4, -0.2) is 59.7 Å². The number of nitrogens with one attached hydrogen (secondary N) is 2. The molecule has 1 aromatic carbocycles. The van der Waals surface area contributed by atoms with E-state index in [1.807, 2.05) is 20.8 Å². The molecule has 0 bridgehead atoms. The predicted octanol–water partition coefficient (Wildman–Crippen LogP) is 2.31. The van der Waals surface area contributed by atoms with Gasteiger partial charge in [-0.1, -0.05) is 33.3 Å². The van der Waals surface area contributed by atoms with Gasteiger partial charge in [-0.15, -0.1) is 0 Å². The van der Waals surface area contributed by atoms with Crippen molar-refractivity contribution in [3.63, 3.8) is 0 Å². The number of ether oxygens (including phenoxy) is 3. The zero-order valence-corrected chi connectivity index (χ0v) is 21.1. The summed E-state index contributed by atoms with van der Waals surface area (Å²) in [5.41, 5.74) is -0.221. The Balaban J connectivity index is 2.33. The van der Waals surface area contributed by atoms with E-state index in [0.29, 0.717) is 19.3 Å². The zero-order chi connectivity index (χ0) is 27.0. The monoisotopic (exact) mass is 506 g/mol. The van der Waals surface area contributed by atoms with Gasteiger partial charge in [0.05, 0.1) is 17.2 Å². The summed E-state index contributed by atoms with van der Waals surface area (Å²) in [6, 6.07) is 2.69. The number of anilines is 1. The van der Waals surface area contributed by atoms with Crippen molar-refractivity contribution in [1.29, 1.82) is 0 Å². The molecule has 0 radical (unpaired) electrons. The Morgan fingerprint density at radius 1 is 1.14 bits per heavy atom. The minimum Gasteiger partial charge on any atom is -0.505 e. The lowest BCUT2D eigenvalue weighted by Crippen LogP contribution is -2.50. The van der Waals surface area contributed by atoms with Crippen molar-refractivity contribution in [2.45, 2.75) is 78.2 Å². The van der Waals surface area contributed by atoms with Gasteiger partial charge in [-0.05, 0) is 38.3 Å². The third kappa shape index (κ3) is 7.19. The highest BCUT2D eigenvalue weighted by Gasteiger charge is 2.43. The first kappa shape index (κ1) is 28.6. The lowest BCUT2D eigenvalue weighted by Gasteiger charge is -2.29. The maximum absolute atomic E-state index is 13.1. The fourth-order valence-corrected chi connectivity index (χ4v) is 3.92. The maximum atomic E-state index is 13.1. The Bertz CT molecular complexity index is 978. The molecule has 2 rings (SSSR count). The van der Waals surface area contributed by atoms with E-state index in [0.717, 1.165) is 0 Å². The third-order valence-corrected chi connectivity index (χ3v) is 5.71. The first-order chi connectivity index (χ1) is 17.0. The molecule has 0 aromatic heterocycles. The van der Waals surface area contributed by atoms with Crippen LogP contribution in [-0.2, 0) is 33.4 Å². The largest absolute Gasteiger partial charge is 0.505 e. The Morgan fingerprint density at radius 3 is 2.42 bits per heavy atom. The van der Waals surface area contributed by atoms with Crippen LogP contribution in [0.1, 0.15) is 64.2 Å². The van der Waals surface area contributed by atoms with E-state index >= 15 is 0 Å². The van der Waals surface area contributed by atoms with Crippen LogP contribution in [0.25, 0.3) is 0 Å². The van der Waals surface area contributed by atoms with Gasteiger partial charge >= 0.3 is 17.9 Å². The second kappa shape index (κ2) is 12.9. The normalized spacial score (nSPS) is 24.4. The van der Waals surface area contributed by atoms with Crippen molar-refractivity contribution < 1.29 is 43.3 Å². The number of carbonyl (C=O) groups is 5. The smallest absolute Gasteiger partial charge is 0.332 e. The van der Waals surface area contributed by atoms with Gasteiger partial charge in [-0.2, -0.15) is 0 Å². The number of benzene rings is 1. The summed E-state index contributed by atoms with van der Waals surface area (Å²) < 4.78 is 16.7. The van der Waals surface area contributed by atoms with Gasteiger partial charge in [0.25, 0.3) is 5.91 Å². The molecule has 0 unspecified atom stereocenters. The van der Waals surface area contributed by atoms with E-state index in [9.17, 15) is 29.1 Å². The minimum absolute atomic E-state index is 0.00347. The van der Waals surface area contributed by atoms with Gasteiger partial charge in [0.15, 0.2) is 17.9 Å². The molecule has 1 saturated heterocycles. The zero-order valence-electron chi connectivity index (χ0n) is 21.1. The van der Waals surface area contributed by atoms with Crippen molar-refractivity contribution in [1.82, 2.24) is 5.32 Å². The third-order valence-electron chi connectivity index (χ3n) is 5.71. The second-order valence-electron chi connectivity index (χ2n) is 9.15. The molecule has 0 saturated carbocycles. The van der Waals surface area contributed by atoms with Gasteiger partial charge in [-0.3, -0.25) is 19.2 Å². The van der Waals surface area contributed by atoms with Crippen molar-refractivity contribution in [2.24, 2.45) is 11.8 Å². The highest BCUT2D eigenvalue weighted by Crippen LogP contribution is 2.28. The van der Waals surface area contributed by atoms with Gasteiger partial charge in [0.1, 0.15) is 12.2 Å². The standard InChI is InChI=1S/C25H34N2O9/c1-6-8-17-22(36-19(29)11-13(2)3)15(5)35-25(33)20(14(4)34-24(17)32)27-23(31)16-9-7-10-18(21(16)30)26-12-28/h7,9-10,12-15,17,20,22,30H,6,8,11H2,1-5H3,(H,26,28)(H,27,31)/t14-,15+,17-,20+,22+/m1/s1. The summed E-state index contributed by atoms with van der Waals surface area (Å²) in [5.74, 6) is -4.32. The molecule has 0 spiro atoms. The molecular weight excluding hydrogens is 472 g/mol. The van der Waals surface area contributed by atoms with Crippen LogP contribution in [0, 0.1) is 11.8 Å². The number of hydrogen-bond donors (Lipinski definition) is 3. The van der Waals surface area contributed by atoms with E-state index in [2.05, 4.69) is 10.6 Å². The van der Waals surface area contributed by atoms with Gasteiger partial charge in [0.2, 0.25) is 6.41 Å². The van der Waals surface area contributed by atoms with Crippen LogP contribution in [0.15, 0.2) is 18.2 Å². The molecule has 1 aliphatic rings. The van der Waals surface area contributed by atoms with Crippen LogP contribution in [0.2, 0.25) is 0 Å². The minimum atomic E-state index is -1.42. The van der Waals surface area contributed by atoms with Crippen LogP contribution < -0.4 is 10.6 Å². The lowest BCUT2D eigenvalue weighted by molar-refractivity contribution is -0.175. The number of carbonyl (C=O) groups excluding carboxylic acids is 5. The number of rotatable bonds is 9. The summed E-state index contributed by atoms with van der Waals surface area (Å²) in [4.78, 5) is 62.2. The molecule has 0 aliphatic carbocycles. The fourth-order valence-electron chi connectivity index (χ4n) is 3.92. The molecule has 1 aromatic rings. The van der Waals surface area contributed by atoms with Crippen molar-refractivity contribution in [3.05, 3.63) is 23.8 Å². The summed E-state index contributed by atoms with van der Waals surface area (Å²) in [6.07, 6.45) is -1.83. The molecule has 3 N–H and O–H groups in total. The number of phenolic OH excluding ortho intramolecular Hbond substituents is 1. The van der Waals surface area contributed by atoms with E-state index in [1.165, 1.54) is 32.0 Å². The Labute approximate surface area is 209 Å². The number of esters is 3. The molecule has 5 atom stereocenters. The summed E-state index contributed by atoms with van der Waals surface area (Å²) in [5, 5.41) is 15.0. The molecule has 11 nitrogen and oxygen atoms in total. The molecule has 11 heteroatoms. The van der Waals surface area contributed by atoms with Crippen molar-refractivity contribution in [3.8, 4) is 5.75 Å². The van der Waals surface area contributed by atoms with Crippen LogP contribution in [0.4, 0.5) is 5.69 Å². The SMILES string of the molecule is CCC[C@H]1C(=O)O[C@H](C)[C@H](NC(=O)c2cccc(NC=O)c2O)C(=O)O[C@@H](C)[C@@H]1OC(=O)CC(C)C. The molecule has 2 amide bonds. The van der Waals surface area contributed by atoms with Crippen molar-refractivity contribution in [2.75, 3.05) is 5.32 Å². The van der Waals surface area contributed by atoms with E-state index in [1.54, 1.807) is 0 Å². The fraction of sp³-hybridized carbons (Fsp3) is 0.560. The maximum Gasteiger partial charge on any atom is 0.332 e. The summed E-state index contributed by atoms with van der Waals surface area (Å²) >= 11 is 0. The topological polar surface area (TPSA) is 157 Å². The van der Waals surface area contributed by atoms with Crippen LogP contribution in [0.5, 0.6) is 5.75 Å². The lowest BCUT2D eigenvalue weighted by atomic mass is 9.93. The van der Waals surface area contributed by atoms with E-state index < -0.39 is 59.8 Å². The molecule has 198 valence electrons. The number of phenols is 1. The Morgan fingerprint density at radius 2 is 1.81 bits per heavy atom. The van der Waals surface area contributed by atoms with Crippen LogP contribution >= 0.6 is 0 Å². The van der Waals surface area contributed by atoms with Crippen molar-refractivity contribution >= 4 is 35.9 Å². The molecule has 1 aliphatic heterocycles. The number of hydrogen-bond acceptors (Lipinski definition) is 9. The molecular formula is C25H34N2O9. The van der Waals surface area contributed by atoms with E-state index in [4.69, 9.17) is 14.2 Å². The molecule has 36 heavy (non-hydrogen) atoms. The van der Waals surface area contributed by atoms with Crippen LogP contribution in [0.3, 0.4) is 0 Å². The first-order valence-electron chi connectivity index (χ1n) is 11.9. The average Bonchev–Trinajstić information content (AvgIpc) is 2.82. The summed E-state index contributed by atoms with van der Waals surface area (Å²) in [6.45, 7) is 8.49. The van der Waals surface area contributed by atoms with Gasteiger partial charge < -0.3 is 30.0 Å². The first-order valence-corrected chi connectivity index (χ1v) is 11.9. The van der Waals surface area contributed by atoms with E-state index in [-0.39, 0.29) is 23.6 Å². The number of aromatic hydroxyl groups is 1. The van der Waals surface area contributed by atoms with Gasteiger partial charge in [-0.25, -0.2) is 4.79 Å². The highest BCUT2D eigenvalue weighted by molar-refractivity contribution is 6.01. The highest BCUT2D eigenvalue weighted by atomic mass is 16.6. The van der Waals surface area contributed by atoms with Gasteiger partial charge in [0, 0.05) is 6.42 Å². The Kier molecular flexibility index (Phi) is 10.2. The average molecular weight is 507 g/mol. The second-order valence-corrected chi connectivity index (χ2v) is 9.15. The number of amides is 2. The number of para-hydroxylation sites is 1. The molecule has 1 fully saturated rings. The number of cyclic esters (lactones) is 2. The molecule has 1 heterocycles. The summed E-state index contributed by atoms with van der Waals surface area (Å²) in [7, 11) is 0. The Hall–Kier alpha value is -3.63. The predicted molar refractivity (Wildman–Crippen MR) is 128 cm³/mol. The quantitative estimate of drug-likeness (QED) is 0.198.